The fourth-order valence-electron chi connectivity index (χ4n) is 2.75. The zero-order valence-corrected chi connectivity index (χ0v) is 12.6. The first-order chi connectivity index (χ1) is 9.92. The van der Waals surface area contributed by atoms with Gasteiger partial charge in [-0.05, 0) is 38.1 Å². The van der Waals surface area contributed by atoms with Crippen molar-refractivity contribution in [1.82, 2.24) is 4.90 Å². The van der Waals surface area contributed by atoms with E-state index in [2.05, 4.69) is 28.9 Å². The highest BCUT2D eigenvalue weighted by Gasteiger charge is 2.25. The van der Waals surface area contributed by atoms with E-state index in [1.165, 1.54) is 13.2 Å². The molecule has 0 radical (unpaired) electrons. The van der Waals surface area contributed by atoms with E-state index in [0.29, 0.717) is 11.6 Å². The number of nitrogens with zero attached hydrogens (tertiary/aromatic N) is 1. The van der Waals surface area contributed by atoms with E-state index in [1.807, 2.05) is 0 Å². The van der Waals surface area contributed by atoms with Gasteiger partial charge in [0.2, 0.25) is 0 Å². The molecule has 2 atom stereocenters. The third kappa shape index (κ3) is 3.44. The second kappa shape index (κ2) is 6.30. The van der Waals surface area contributed by atoms with Gasteiger partial charge in [-0.15, -0.1) is 0 Å². The van der Waals surface area contributed by atoms with Crippen molar-refractivity contribution in [3.63, 3.8) is 0 Å². The molecule has 21 heavy (non-hydrogen) atoms. The summed E-state index contributed by atoms with van der Waals surface area (Å²) < 4.78 is 18.7. The number of rotatable bonds is 3. The lowest BCUT2D eigenvalue weighted by Crippen LogP contribution is -2.43. The predicted octanol–water partition coefficient (Wildman–Crippen LogP) is 1.95. The average Bonchev–Trinajstić information content (AvgIpc) is 2.43. The maximum absolute atomic E-state index is 14.1. The molecule has 0 bridgehead atoms. The summed E-state index contributed by atoms with van der Waals surface area (Å²) in [6.07, 6.45) is 0.926. The molecule has 2 unspecified atom stereocenters. The van der Waals surface area contributed by atoms with Crippen molar-refractivity contribution in [1.29, 1.82) is 0 Å². The summed E-state index contributed by atoms with van der Waals surface area (Å²) in [4.78, 5) is 13.9. The Labute approximate surface area is 124 Å². The fourth-order valence-corrected chi connectivity index (χ4v) is 2.75. The first-order valence-corrected chi connectivity index (χ1v) is 7.04. The molecular formula is C15H22FN3O2. The lowest BCUT2D eigenvalue weighted by molar-refractivity contribution is 0.0602. The van der Waals surface area contributed by atoms with E-state index in [-0.39, 0.29) is 17.3 Å². The minimum atomic E-state index is -0.563. The number of esters is 1. The number of hydrogen-bond acceptors (Lipinski definition) is 5. The number of hydrogen-bond donors (Lipinski definition) is 2. The van der Waals surface area contributed by atoms with Crippen molar-refractivity contribution in [3.05, 3.63) is 23.5 Å². The molecule has 0 saturated carbocycles. The Morgan fingerprint density at radius 3 is 2.86 bits per heavy atom. The standard InChI is InChI=1S/C15H22FN3O2/c1-9-8-19(2)5-4-13(9)18-14-6-10(15(20)21-3)12(17)7-11(14)16/h6-7,9,13,18H,4-5,8,17H2,1-3H3. The van der Waals surface area contributed by atoms with E-state index in [9.17, 15) is 9.18 Å². The SMILES string of the molecule is COC(=O)c1cc(NC2CCN(C)CC2C)c(F)cc1N. The highest BCUT2D eigenvalue weighted by molar-refractivity contribution is 5.96. The fraction of sp³-hybridized carbons (Fsp3) is 0.533. The molecule has 1 fully saturated rings. The van der Waals surface area contributed by atoms with Crippen LogP contribution < -0.4 is 11.1 Å². The molecule has 1 aromatic carbocycles. The molecule has 116 valence electrons. The van der Waals surface area contributed by atoms with E-state index < -0.39 is 11.8 Å². The van der Waals surface area contributed by atoms with Crippen LogP contribution in [0.5, 0.6) is 0 Å². The van der Waals surface area contributed by atoms with Gasteiger partial charge in [0.15, 0.2) is 0 Å². The highest BCUT2D eigenvalue weighted by atomic mass is 19.1. The average molecular weight is 295 g/mol. The van der Waals surface area contributed by atoms with Gasteiger partial charge in [-0.25, -0.2) is 9.18 Å². The van der Waals surface area contributed by atoms with Gasteiger partial charge in [-0.3, -0.25) is 0 Å². The smallest absolute Gasteiger partial charge is 0.340 e. The number of likely N-dealkylation sites (tertiary alicyclic amines) is 1. The van der Waals surface area contributed by atoms with E-state index >= 15 is 0 Å². The molecule has 6 heteroatoms. The minimum Gasteiger partial charge on any atom is -0.465 e. The summed E-state index contributed by atoms with van der Waals surface area (Å²) >= 11 is 0. The van der Waals surface area contributed by atoms with Gasteiger partial charge in [0, 0.05) is 18.3 Å². The van der Waals surface area contributed by atoms with Crippen molar-refractivity contribution in [2.75, 3.05) is 38.3 Å². The Morgan fingerprint density at radius 2 is 2.24 bits per heavy atom. The molecule has 0 amide bonds. The summed E-state index contributed by atoms with van der Waals surface area (Å²) in [6, 6.07) is 2.76. The molecule has 1 aliphatic rings. The monoisotopic (exact) mass is 295 g/mol. The molecule has 1 aromatic rings. The van der Waals surface area contributed by atoms with Gasteiger partial charge in [0.05, 0.1) is 18.4 Å². The second-order valence-corrected chi connectivity index (χ2v) is 5.69. The van der Waals surface area contributed by atoms with Crippen LogP contribution in [0.2, 0.25) is 0 Å². The molecular weight excluding hydrogens is 273 g/mol. The Bertz CT molecular complexity index is 536. The van der Waals surface area contributed by atoms with Gasteiger partial charge < -0.3 is 20.7 Å². The zero-order valence-electron chi connectivity index (χ0n) is 12.6. The van der Waals surface area contributed by atoms with Crippen LogP contribution in [0.25, 0.3) is 0 Å². The van der Waals surface area contributed by atoms with Crippen LogP contribution in [0, 0.1) is 11.7 Å². The number of halogens is 1. The first kappa shape index (κ1) is 15.6. The maximum atomic E-state index is 14.1. The number of ether oxygens (including phenoxy) is 1. The number of carbonyl (C=O) groups excluding carboxylic acids is 1. The summed E-state index contributed by atoms with van der Waals surface area (Å²) in [7, 11) is 3.35. The van der Waals surface area contributed by atoms with Gasteiger partial charge >= 0.3 is 5.97 Å². The third-order valence-corrected chi connectivity index (χ3v) is 3.99. The molecule has 5 nitrogen and oxygen atoms in total. The molecule has 1 heterocycles. The van der Waals surface area contributed by atoms with Gasteiger partial charge in [-0.1, -0.05) is 6.92 Å². The first-order valence-electron chi connectivity index (χ1n) is 7.04. The van der Waals surface area contributed by atoms with Crippen LogP contribution in [0.15, 0.2) is 12.1 Å². The van der Waals surface area contributed by atoms with Crippen LogP contribution in [-0.4, -0.2) is 44.2 Å². The molecule has 0 aliphatic carbocycles. The van der Waals surface area contributed by atoms with Crippen molar-refractivity contribution >= 4 is 17.3 Å². The van der Waals surface area contributed by atoms with E-state index in [4.69, 9.17) is 5.73 Å². The van der Waals surface area contributed by atoms with E-state index in [0.717, 1.165) is 25.6 Å². The Hall–Kier alpha value is -1.82. The number of methoxy groups -OCH3 is 1. The van der Waals surface area contributed by atoms with Crippen LogP contribution in [0.3, 0.4) is 0 Å². The summed E-state index contributed by atoms with van der Waals surface area (Å²) in [5.74, 6) is -0.625. The zero-order chi connectivity index (χ0) is 15.6. The topological polar surface area (TPSA) is 67.6 Å². The molecule has 1 aliphatic heterocycles. The lowest BCUT2D eigenvalue weighted by atomic mass is 9.94. The number of benzene rings is 1. The predicted molar refractivity (Wildman–Crippen MR) is 80.8 cm³/mol. The molecule has 1 saturated heterocycles. The Balaban J connectivity index is 2.21. The largest absolute Gasteiger partial charge is 0.465 e. The summed E-state index contributed by atoms with van der Waals surface area (Å²) in [5, 5.41) is 3.20. The minimum absolute atomic E-state index is 0.0846. The number of nitrogens with one attached hydrogen (secondary N) is 1. The molecule has 0 spiro atoms. The number of nitrogen functional groups attached to an aromatic ring is 1. The second-order valence-electron chi connectivity index (χ2n) is 5.69. The Kier molecular flexibility index (Phi) is 4.67. The van der Waals surface area contributed by atoms with Crippen LogP contribution in [-0.2, 0) is 4.74 Å². The third-order valence-electron chi connectivity index (χ3n) is 3.99. The lowest BCUT2D eigenvalue weighted by Gasteiger charge is -2.35. The highest BCUT2D eigenvalue weighted by Crippen LogP contribution is 2.26. The quantitative estimate of drug-likeness (QED) is 0.659. The normalized spacial score (nSPS) is 22.9. The Morgan fingerprint density at radius 1 is 1.52 bits per heavy atom. The van der Waals surface area contributed by atoms with Crippen molar-refractivity contribution in [2.45, 2.75) is 19.4 Å². The van der Waals surface area contributed by atoms with Crippen molar-refractivity contribution < 1.29 is 13.9 Å². The number of carbonyl (C=O) groups is 1. The molecule has 2 rings (SSSR count). The van der Waals surface area contributed by atoms with Crippen LogP contribution in [0.4, 0.5) is 15.8 Å². The number of piperidine rings is 1. The van der Waals surface area contributed by atoms with Crippen molar-refractivity contribution in [3.8, 4) is 0 Å². The number of nitrogens with two attached hydrogens (primary N) is 1. The van der Waals surface area contributed by atoms with E-state index in [1.54, 1.807) is 0 Å². The summed E-state index contributed by atoms with van der Waals surface area (Å²) in [6.45, 7) is 4.05. The van der Waals surface area contributed by atoms with Gasteiger partial charge in [-0.2, -0.15) is 0 Å². The van der Waals surface area contributed by atoms with Crippen molar-refractivity contribution in [2.24, 2.45) is 5.92 Å². The number of anilines is 2. The maximum Gasteiger partial charge on any atom is 0.340 e. The van der Waals surface area contributed by atoms with Crippen LogP contribution in [0.1, 0.15) is 23.7 Å². The molecule has 0 aromatic heterocycles. The summed E-state index contributed by atoms with van der Waals surface area (Å²) in [5.41, 5.74) is 6.23. The molecule has 3 N–H and O–H groups in total. The van der Waals surface area contributed by atoms with Gasteiger partial charge in [0.25, 0.3) is 0 Å². The van der Waals surface area contributed by atoms with Crippen LogP contribution >= 0.6 is 0 Å². The van der Waals surface area contributed by atoms with Gasteiger partial charge in [0.1, 0.15) is 5.82 Å².